The first kappa shape index (κ1) is 17.9. The number of aliphatic hydroxyl groups is 1. The number of nitriles is 1. The Morgan fingerprint density at radius 3 is 2.18 bits per heavy atom. The molecule has 1 aromatic carbocycles. The number of rotatable bonds is 3. The molecule has 0 fully saturated rings. The van der Waals surface area contributed by atoms with E-state index in [1.165, 1.54) is 0 Å². The molecule has 0 aliphatic heterocycles. The first-order chi connectivity index (χ1) is 10.0. The van der Waals surface area contributed by atoms with Gasteiger partial charge in [-0.15, -0.1) is 0 Å². The van der Waals surface area contributed by atoms with Crippen LogP contribution in [0.3, 0.4) is 0 Å². The highest BCUT2D eigenvalue weighted by Crippen LogP contribution is 2.15. The smallest absolute Gasteiger partial charge is 0.434 e. The minimum atomic E-state index is -1.25. The van der Waals surface area contributed by atoms with Crippen molar-refractivity contribution in [3.8, 4) is 6.07 Å². The summed E-state index contributed by atoms with van der Waals surface area (Å²) in [6.07, 6.45) is -0.424. The van der Waals surface area contributed by atoms with Gasteiger partial charge >= 0.3 is 6.09 Å². The van der Waals surface area contributed by atoms with E-state index in [1.807, 2.05) is 6.07 Å². The van der Waals surface area contributed by atoms with E-state index < -0.39 is 17.3 Å². The van der Waals surface area contributed by atoms with Gasteiger partial charge in [0.05, 0.1) is 22.9 Å². The lowest BCUT2D eigenvalue weighted by Crippen LogP contribution is -2.34. The lowest BCUT2D eigenvalue weighted by Gasteiger charge is -2.22. The van der Waals surface area contributed by atoms with Crippen LogP contribution < -0.4 is 0 Å². The van der Waals surface area contributed by atoms with E-state index in [4.69, 9.17) is 10.00 Å². The quantitative estimate of drug-likeness (QED) is 0.869. The molecule has 0 heterocycles. The molecule has 0 saturated carbocycles. The summed E-state index contributed by atoms with van der Waals surface area (Å²) in [5.41, 5.74) is -0.169. The van der Waals surface area contributed by atoms with E-state index in [1.54, 1.807) is 58.9 Å². The molecule has 5 heteroatoms. The predicted molar refractivity (Wildman–Crippen MR) is 84.8 cm³/mol. The standard InChI is InChI=1S/C17H22N2O3/c1-16(2,3)22-15(20)19-14(17(4,5)21)10-12-6-8-13(11-18)9-7-12/h6-9,21H,10H2,1-5H3/b19-14-. The van der Waals surface area contributed by atoms with Crippen molar-refractivity contribution in [3.05, 3.63) is 35.4 Å². The molecule has 1 aromatic rings. The van der Waals surface area contributed by atoms with Gasteiger partial charge < -0.3 is 9.84 Å². The maximum Gasteiger partial charge on any atom is 0.434 e. The van der Waals surface area contributed by atoms with Crippen LogP contribution in [0.4, 0.5) is 4.79 Å². The number of ether oxygens (including phenoxy) is 1. The summed E-state index contributed by atoms with van der Waals surface area (Å²) in [5, 5.41) is 19.0. The molecule has 0 aromatic heterocycles. The molecule has 0 aliphatic rings. The highest BCUT2D eigenvalue weighted by molar-refractivity contribution is 5.99. The zero-order valence-corrected chi connectivity index (χ0v) is 13.7. The van der Waals surface area contributed by atoms with Crippen LogP contribution in [0, 0.1) is 11.3 Å². The van der Waals surface area contributed by atoms with Crippen LogP contribution in [0.5, 0.6) is 0 Å². The van der Waals surface area contributed by atoms with Gasteiger partial charge in [0.1, 0.15) is 5.60 Å². The van der Waals surface area contributed by atoms with Gasteiger partial charge in [0.2, 0.25) is 0 Å². The fraction of sp³-hybridized carbons (Fsp3) is 0.471. The van der Waals surface area contributed by atoms with Crippen molar-refractivity contribution in [2.75, 3.05) is 0 Å². The maximum atomic E-state index is 11.8. The minimum absolute atomic E-state index is 0.300. The second-order valence-electron chi connectivity index (χ2n) is 6.58. The van der Waals surface area contributed by atoms with Crippen LogP contribution in [-0.4, -0.2) is 28.1 Å². The number of hydrogen-bond acceptors (Lipinski definition) is 4. The molecule has 0 unspecified atom stereocenters. The molecule has 0 bridgehead atoms. The zero-order valence-electron chi connectivity index (χ0n) is 13.7. The fourth-order valence-corrected chi connectivity index (χ4v) is 1.68. The average Bonchev–Trinajstić information content (AvgIpc) is 2.35. The summed E-state index contributed by atoms with van der Waals surface area (Å²) < 4.78 is 5.16. The lowest BCUT2D eigenvalue weighted by molar-refractivity contribution is 0.0596. The number of nitrogens with zero attached hydrogens (tertiary/aromatic N) is 2. The molecule has 1 rings (SSSR count). The fourth-order valence-electron chi connectivity index (χ4n) is 1.68. The third-order valence-electron chi connectivity index (χ3n) is 2.78. The van der Waals surface area contributed by atoms with Crippen molar-refractivity contribution >= 4 is 11.8 Å². The molecule has 0 radical (unpaired) electrons. The Bertz CT molecular complexity index is 597. The van der Waals surface area contributed by atoms with E-state index in [0.29, 0.717) is 17.7 Å². The molecule has 5 nitrogen and oxygen atoms in total. The van der Waals surface area contributed by atoms with Crippen molar-refractivity contribution < 1.29 is 14.6 Å². The zero-order chi connectivity index (χ0) is 17.0. The molecule has 118 valence electrons. The normalized spacial score (nSPS) is 12.7. The van der Waals surface area contributed by atoms with Crippen molar-refractivity contribution in [3.63, 3.8) is 0 Å². The van der Waals surface area contributed by atoms with Gasteiger partial charge in [0.25, 0.3) is 0 Å². The van der Waals surface area contributed by atoms with Crippen LogP contribution in [-0.2, 0) is 11.2 Å². The molecule has 0 spiro atoms. The second kappa shape index (κ2) is 6.71. The van der Waals surface area contributed by atoms with Crippen molar-refractivity contribution in [1.29, 1.82) is 5.26 Å². The summed E-state index contributed by atoms with van der Waals surface area (Å²) in [7, 11) is 0. The maximum absolute atomic E-state index is 11.8. The second-order valence-corrected chi connectivity index (χ2v) is 6.58. The van der Waals surface area contributed by atoms with Gasteiger partial charge in [-0.3, -0.25) is 0 Å². The SMILES string of the molecule is CC(C)(C)OC(=O)/N=C(/Cc1ccc(C#N)cc1)C(C)(C)O. The van der Waals surface area contributed by atoms with E-state index in [0.717, 1.165) is 5.56 Å². The van der Waals surface area contributed by atoms with E-state index in [9.17, 15) is 9.90 Å². The number of aliphatic imine (C=N–C) groups is 1. The number of amides is 1. The van der Waals surface area contributed by atoms with Crippen LogP contribution in [0.2, 0.25) is 0 Å². The Morgan fingerprint density at radius 2 is 1.77 bits per heavy atom. The van der Waals surface area contributed by atoms with Crippen LogP contribution >= 0.6 is 0 Å². The van der Waals surface area contributed by atoms with Crippen LogP contribution in [0.15, 0.2) is 29.3 Å². The van der Waals surface area contributed by atoms with Gasteiger partial charge in [-0.25, -0.2) is 4.79 Å². The first-order valence-electron chi connectivity index (χ1n) is 7.04. The van der Waals surface area contributed by atoms with E-state index in [2.05, 4.69) is 4.99 Å². The van der Waals surface area contributed by atoms with Gasteiger partial charge in [-0.1, -0.05) is 12.1 Å². The summed E-state index contributed by atoms with van der Waals surface area (Å²) in [6.45, 7) is 8.40. The third-order valence-corrected chi connectivity index (χ3v) is 2.78. The van der Waals surface area contributed by atoms with E-state index in [-0.39, 0.29) is 0 Å². The first-order valence-corrected chi connectivity index (χ1v) is 7.04. The number of carbonyl (C=O) groups is 1. The average molecular weight is 302 g/mol. The minimum Gasteiger partial charge on any atom is -0.442 e. The number of hydrogen-bond donors (Lipinski definition) is 1. The molecule has 0 aliphatic carbocycles. The summed E-state index contributed by atoms with van der Waals surface area (Å²) in [5.74, 6) is 0. The summed E-state index contributed by atoms with van der Waals surface area (Å²) in [4.78, 5) is 15.8. The van der Waals surface area contributed by atoms with Crippen molar-refractivity contribution in [2.45, 2.75) is 52.2 Å². The highest BCUT2D eigenvalue weighted by atomic mass is 16.6. The number of benzene rings is 1. The molecule has 1 N–H and O–H groups in total. The Morgan fingerprint density at radius 1 is 1.23 bits per heavy atom. The van der Waals surface area contributed by atoms with Crippen molar-refractivity contribution in [1.82, 2.24) is 0 Å². The summed E-state index contributed by atoms with van der Waals surface area (Å²) in [6, 6.07) is 8.96. The van der Waals surface area contributed by atoms with E-state index >= 15 is 0 Å². The molecule has 22 heavy (non-hydrogen) atoms. The van der Waals surface area contributed by atoms with Gasteiger partial charge in [0.15, 0.2) is 0 Å². The third kappa shape index (κ3) is 6.06. The Labute approximate surface area is 131 Å². The Kier molecular flexibility index (Phi) is 5.45. The van der Waals surface area contributed by atoms with Crippen molar-refractivity contribution in [2.24, 2.45) is 4.99 Å². The molecular weight excluding hydrogens is 280 g/mol. The molecule has 1 amide bonds. The number of carbonyl (C=O) groups excluding carboxylic acids is 1. The van der Waals surface area contributed by atoms with Gasteiger partial charge in [-0.05, 0) is 52.3 Å². The molecular formula is C17H22N2O3. The Balaban J connectivity index is 2.99. The monoisotopic (exact) mass is 302 g/mol. The van der Waals surface area contributed by atoms with Crippen LogP contribution in [0.1, 0.15) is 45.7 Å². The summed E-state index contributed by atoms with van der Waals surface area (Å²) >= 11 is 0. The largest absolute Gasteiger partial charge is 0.442 e. The lowest BCUT2D eigenvalue weighted by atomic mass is 9.95. The topological polar surface area (TPSA) is 82.7 Å². The molecule has 0 saturated heterocycles. The predicted octanol–water partition coefficient (Wildman–Crippen LogP) is 3.25. The van der Waals surface area contributed by atoms with Crippen LogP contribution in [0.25, 0.3) is 0 Å². The van der Waals surface area contributed by atoms with Gasteiger partial charge in [-0.2, -0.15) is 10.3 Å². The molecule has 0 atom stereocenters. The highest BCUT2D eigenvalue weighted by Gasteiger charge is 2.24. The Hall–Kier alpha value is -2.19. The van der Waals surface area contributed by atoms with Gasteiger partial charge in [0, 0.05) is 6.42 Å².